The first-order valence-electron chi connectivity index (χ1n) is 4.37. The number of esters is 1. The predicted molar refractivity (Wildman–Crippen MR) is 58.4 cm³/mol. The van der Waals surface area contributed by atoms with Crippen molar-refractivity contribution in [3.8, 4) is 0 Å². The first kappa shape index (κ1) is 12.5. The maximum absolute atomic E-state index is 13.5. The van der Waals surface area contributed by atoms with Gasteiger partial charge in [-0.1, -0.05) is 17.7 Å². The van der Waals surface area contributed by atoms with Gasteiger partial charge in [-0.2, -0.15) is 0 Å². The van der Waals surface area contributed by atoms with Crippen LogP contribution in [0.2, 0.25) is 5.02 Å². The molecule has 0 bridgehead atoms. The average Bonchev–Trinajstić information content (AvgIpc) is 2.26. The fourth-order valence-electron chi connectivity index (χ4n) is 1.19. The highest BCUT2D eigenvalue weighted by Crippen LogP contribution is 2.27. The summed E-state index contributed by atoms with van der Waals surface area (Å²) in [5.74, 6) is -1.32. The minimum atomic E-state index is -0.714. The van der Waals surface area contributed by atoms with Crippen molar-refractivity contribution in [3.05, 3.63) is 40.9 Å². The third kappa shape index (κ3) is 2.52. The smallest absolute Gasteiger partial charge is 0.341 e. The van der Waals surface area contributed by atoms with Crippen molar-refractivity contribution in [1.82, 2.24) is 0 Å². The number of hydrogen-bond donors (Lipinski definition) is 0. The normalized spacial score (nSPS) is 11.1. The fourth-order valence-corrected chi connectivity index (χ4v) is 1.46. The molecule has 3 nitrogen and oxygen atoms in total. The minimum Gasteiger partial charge on any atom is -0.503 e. The molecule has 5 heteroatoms. The molecular weight excluding hydrogens is 235 g/mol. The van der Waals surface area contributed by atoms with Crippen molar-refractivity contribution in [1.29, 1.82) is 0 Å². The summed E-state index contributed by atoms with van der Waals surface area (Å²) in [5, 5.41) is 0.119. The van der Waals surface area contributed by atoms with Crippen LogP contribution in [0, 0.1) is 5.82 Å². The van der Waals surface area contributed by atoms with E-state index in [1.807, 2.05) is 0 Å². The lowest BCUT2D eigenvalue weighted by molar-refractivity contribution is -0.133. The highest BCUT2D eigenvalue weighted by Gasteiger charge is 2.19. The molecule has 0 radical (unpaired) electrons. The quantitative estimate of drug-likeness (QED) is 0.466. The van der Waals surface area contributed by atoms with E-state index in [-0.39, 0.29) is 16.2 Å². The SMILES string of the molecule is CO/C=C(\C(=O)OC)c1c(F)cccc1Cl. The number of hydrogen-bond acceptors (Lipinski definition) is 3. The standard InChI is InChI=1S/C11H10ClFO3/c1-15-6-7(11(14)16-2)10-8(12)4-3-5-9(10)13/h3-6H,1-2H3/b7-6-. The van der Waals surface area contributed by atoms with E-state index in [4.69, 9.17) is 16.3 Å². The van der Waals surface area contributed by atoms with E-state index in [1.165, 1.54) is 32.4 Å². The van der Waals surface area contributed by atoms with Crippen molar-refractivity contribution in [3.63, 3.8) is 0 Å². The minimum absolute atomic E-state index is 0.0298. The highest BCUT2D eigenvalue weighted by atomic mass is 35.5. The van der Waals surface area contributed by atoms with Gasteiger partial charge < -0.3 is 9.47 Å². The molecule has 0 spiro atoms. The molecule has 0 atom stereocenters. The first-order chi connectivity index (χ1) is 7.61. The van der Waals surface area contributed by atoms with Crippen LogP contribution in [0.25, 0.3) is 5.57 Å². The van der Waals surface area contributed by atoms with E-state index in [2.05, 4.69) is 4.74 Å². The summed E-state index contributed by atoms with van der Waals surface area (Å²) in [6.07, 6.45) is 1.09. The summed E-state index contributed by atoms with van der Waals surface area (Å²) in [6.45, 7) is 0. The lowest BCUT2D eigenvalue weighted by Gasteiger charge is -2.08. The molecule has 0 N–H and O–H groups in total. The molecule has 86 valence electrons. The van der Waals surface area contributed by atoms with E-state index < -0.39 is 11.8 Å². The van der Waals surface area contributed by atoms with Crippen molar-refractivity contribution < 1.29 is 18.7 Å². The summed E-state index contributed by atoms with van der Waals surface area (Å²) in [4.78, 5) is 11.4. The summed E-state index contributed by atoms with van der Waals surface area (Å²) in [5.41, 5.74) is -0.0917. The van der Waals surface area contributed by atoms with Crippen LogP contribution < -0.4 is 0 Å². The van der Waals surface area contributed by atoms with Gasteiger partial charge in [0.1, 0.15) is 11.4 Å². The Kier molecular flexibility index (Phi) is 4.31. The van der Waals surface area contributed by atoms with Gasteiger partial charge in [0.05, 0.1) is 25.5 Å². The number of carbonyl (C=O) groups excluding carboxylic acids is 1. The van der Waals surface area contributed by atoms with Crippen LogP contribution in [0.15, 0.2) is 24.5 Å². The number of rotatable bonds is 3. The van der Waals surface area contributed by atoms with Gasteiger partial charge in [0, 0.05) is 5.56 Å². The molecule has 0 aromatic heterocycles. The van der Waals surface area contributed by atoms with Gasteiger partial charge in [-0.3, -0.25) is 0 Å². The third-order valence-corrected chi connectivity index (χ3v) is 2.19. The lowest BCUT2D eigenvalue weighted by atomic mass is 10.1. The van der Waals surface area contributed by atoms with Crippen LogP contribution in [-0.2, 0) is 14.3 Å². The topological polar surface area (TPSA) is 35.5 Å². The Bertz CT molecular complexity index is 409. The third-order valence-electron chi connectivity index (χ3n) is 1.87. The molecule has 0 unspecified atom stereocenters. The monoisotopic (exact) mass is 244 g/mol. The van der Waals surface area contributed by atoms with Gasteiger partial charge in [0.2, 0.25) is 0 Å². The van der Waals surface area contributed by atoms with Crippen LogP contribution in [0.3, 0.4) is 0 Å². The number of carbonyl (C=O) groups is 1. The largest absolute Gasteiger partial charge is 0.503 e. The van der Waals surface area contributed by atoms with Gasteiger partial charge in [-0.15, -0.1) is 0 Å². The van der Waals surface area contributed by atoms with E-state index >= 15 is 0 Å². The second-order valence-electron chi connectivity index (χ2n) is 2.86. The summed E-state index contributed by atoms with van der Waals surface area (Å²) < 4.78 is 22.8. The predicted octanol–water partition coefficient (Wildman–Crippen LogP) is 2.64. The second-order valence-corrected chi connectivity index (χ2v) is 3.26. The van der Waals surface area contributed by atoms with Gasteiger partial charge in [-0.05, 0) is 12.1 Å². The Balaban J connectivity index is 3.32. The Hall–Kier alpha value is -1.55. The Labute approximate surface area is 97.4 Å². The van der Waals surface area contributed by atoms with Gasteiger partial charge >= 0.3 is 5.97 Å². The molecular formula is C11H10ClFO3. The van der Waals surface area contributed by atoms with Crippen molar-refractivity contribution in [2.45, 2.75) is 0 Å². The average molecular weight is 245 g/mol. The van der Waals surface area contributed by atoms with Crippen LogP contribution in [0.1, 0.15) is 5.56 Å². The molecule has 0 aliphatic heterocycles. The molecule has 0 heterocycles. The van der Waals surface area contributed by atoms with Crippen LogP contribution in [0.4, 0.5) is 4.39 Å². The number of benzene rings is 1. The van der Waals surface area contributed by atoms with Crippen LogP contribution >= 0.6 is 11.6 Å². The van der Waals surface area contributed by atoms with E-state index in [9.17, 15) is 9.18 Å². The molecule has 0 saturated heterocycles. The number of methoxy groups -OCH3 is 2. The van der Waals surface area contributed by atoms with Gasteiger partial charge in [-0.25, -0.2) is 9.18 Å². The highest BCUT2D eigenvalue weighted by molar-refractivity contribution is 6.34. The summed E-state index contributed by atoms with van der Waals surface area (Å²) in [7, 11) is 2.54. The lowest BCUT2D eigenvalue weighted by Crippen LogP contribution is -2.06. The number of halogens is 2. The second kappa shape index (κ2) is 5.51. The molecule has 16 heavy (non-hydrogen) atoms. The zero-order valence-electron chi connectivity index (χ0n) is 8.79. The zero-order valence-corrected chi connectivity index (χ0v) is 9.55. The Morgan fingerprint density at radius 3 is 2.62 bits per heavy atom. The molecule has 0 aliphatic carbocycles. The van der Waals surface area contributed by atoms with Gasteiger partial charge in [0.25, 0.3) is 0 Å². The molecule has 0 fully saturated rings. The van der Waals surface area contributed by atoms with Crippen molar-refractivity contribution >= 4 is 23.1 Å². The van der Waals surface area contributed by atoms with Crippen LogP contribution in [-0.4, -0.2) is 20.2 Å². The number of ether oxygens (including phenoxy) is 2. The Morgan fingerprint density at radius 1 is 1.44 bits per heavy atom. The zero-order chi connectivity index (χ0) is 12.1. The van der Waals surface area contributed by atoms with Gasteiger partial charge in [0.15, 0.2) is 0 Å². The van der Waals surface area contributed by atoms with Crippen molar-refractivity contribution in [2.24, 2.45) is 0 Å². The summed E-state index contributed by atoms with van der Waals surface area (Å²) in [6, 6.07) is 4.13. The van der Waals surface area contributed by atoms with E-state index in [0.29, 0.717) is 0 Å². The molecule has 0 saturated carbocycles. The van der Waals surface area contributed by atoms with Crippen LogP contribution in [0.5, 0.6) is 0 Å². The maximum atomic E-state index is 13.5. The molecule has 1 rings (SSSR count). The van der Waals surface area contributed by atoms with E-state index in [0.717, 1.165) is 6.26 Å². The molecule has 1 aromatic rings. The Morgan fingerprint density at radius 2 is 2.12 bits per heavy atom. The summed E-state index contributed by atoms with van der Waals surface area (Å²) >= 11 is 5.82. The molecule has 0 aliphatic rings. The van der Waals surface area contributed by atoms with Crippen molar-refractivity contribution in [2.75, 3.05) is 14.2 Å². The fraction of sp³-hybridized carbons (Fsp3) is 0.182. The maximum Gasteiger partial charge on any atom is 0.341 e. The first-order valence-corrected chi connectivity index (χ1v) is 4.75. The van der Waals surface area contributed by atoms with E-state index in [1.54, 1.807) is 0 Å². The molecule has 0 amide bonds. The molecule has 1 aromatic carbocycles.